The molecule has 20 atom stereocenters. The Morgan fingerprint density at radius 2 is 1.21 bits per heavy atom. The largest absolute Gasteiger partial charge is 0.496 e. The van der Waals surface area contributed by atoms with Gasteiger partial charge >= 0.3 is 29.8 Å². The molecule has 9 N–H and O–H groups in total. The van der Waals surface area contributed by atoms with E-state index in [4.69, 9.17) is 43.6 Å². The number of benzene rings is 4. The summed E-state index contributed by atoms with van der Waals surface area (Å²) < 4.78 is 42.2. The van der Waals surface area contributed by atoms with Gasteiger partial charge in [0.15, 0.2) is 17.4 Å². The number of cyclic esters (lactones) is 2. The van der Waals surface area contributed by atoms with Crippen molar-refractivity contribution in [3.63, 3.8) is 0 Å². The number of fused-ring (bicyclic) bond motifs is 10. The number of nitrogens with one attached hydrogen (secondary N) is 5. The van der Waals surface area contributed by atoms with Crippen molar-refractivity contribution in [2.75, 3.05) is 126 Å². The number of likely N-dealkylation sites (N-methyl/N-ethyl adjacent to an activating group) is 5. The summed E-state index contributed by atoms with van der Waals surface area (Å²) in [7, 11) is 11.7. The molecule has 16 rings (SSSR count). The van der Waals surface area contributed by atoms with Crippen LogP contribution >= 0.6 is 0 Å². The van der Waals surface area contributed by atoms with Crippen LogP contribution in [0, 0.1) is 48.9 Å². The predicted molar refractivity (Wildman–Crippen MR) is 546 cm³/mol. The molecule has 10 aliphatic heterocycles. The highest BCUT2D eigenvalue weighted by Gasteiger charge is 2.81. The molecule has 41 heteroatoms. The third kappa shape index (κ3) is 19.0. The number of amides is 10. The number of carbonyl (C=O) groups excluding carboxylic acids is 15. The molecular formula is C108H144N16O25. The van der Waals surface area contributed by atoms with E-state index in [0.717, 1.165) is 43.2 Å². The first-order valence-corrected chi connectivity index (χ1v) is 51.7. The Morgan fingerprint density at radius 1 is 0.651 bits per heavy atom. The maximum atomic E-state index is 15.3. The third-order valence-corrected chi connectivity index (χ3v) is 33.1. The van der Waals surface area contributed by atoms with Crippen LogP contribution in [0.15, 0.2) is 69.9 Å². The van der Waals surface area contributed by atoms with Gasteiger partial charge in [0.1, 0.15) is 82.9 Å². The Balaban J connectivity index is 0.000000242. The number of aliphatic hydroxyl groups is 2. The van der Waals surface area contributed by atoms with Gasteiger partial charge < -0.3 is 109 Å². The molecule has 41 nitrogen and oxygen atoms in total. The molecule has 0 unspecified atom stereocenters. The number of methoxy groups -OCH3 is 3. The van der Waals surface area contributed by atoms with Gasteiger partial charge in [-0.05, 0) is 163 Å². The van der Waals surface area contributed by atoms with Crippen molar-refractivity contribution in [1.82, 2.24) is 70.4 Å². The summed E-state index contributed by atoms with van der Waals surface area (Å²) in [6.45, 7) is 27.0. The van der Waals surface area contributed by atoms with Crippen molar-refractivity contribution in [3.8, 4) is 17.2 Å². The number of nitrogen functional groups attached to an aromatic ring is 1. The van der Waals surface area contributed by atoms with Crippen LogP contribution in [0.25, 0.3) is 33.5 Å². The highest BCUT2D eigenvalue weighted by Crippen LogP contribution is 2.69. The molecule has 149 heavy (non-hydrogen) atoms. The van der Waals surface area contributed by atoms with E-state index in [1.54, 1.807) is 69.4 Å². The number of para-hydroxylation sites is 1. The van der Waals surface area contributed by atoms with Gasteiger partial charge in [-0.1, -0.05) is 106 Å². The van der Waals surface area contributed by atoms with Crippen molar-refractivity contribution >= 4 is 122 Å². The molecule has 11 heterocycles. The van der Waals surface area contributed by atoms with E-state index in [-0.39, 0.29) is 65.9 Å². The van der Waals surface area contributed by atoms with Crippen molar-refractivity contribution < 1.29 is 115 Å². The van der Waals surface area contributed by atoms with Crippen molar-refractivity contribution in [1.29, 1.82) is 0 Å². The summed E-state index contributed by atoms with van der Waals surface area (Å²) in [5.74, 6) is -13.9. The number of piperidine rings is 1. The predicted octanol–water partition coefficient (Wildman–Crippen LogP) is 4.72. The first-order valence-electron chi connectivity index (χ1n) is 51.7. The Morgan fingerprint density at radius 3 is 1.73 bits per heavy atom. The van der Waals surface area contributed by atoms with Crippen LogP contribution in [-0.2, 0) is 103 Å². The van der Waals surface area contributed by atoms with Crippen LogP contribution in [0.5, 0.6) is 5.75 Å². The van der Waals surface area contributed by atoms with Crippen LogP contribution in [0.3, 0.4) is 0 Å². The maximum Gasteiger partial charge on any atom is 0.344 e. The number of hydrogen-bond donors (Lipinski definition) is 8. The zero-order chi connectivity index (χ0) is 109. The van der Waals surface area contributed by atoms with Gasteiger partial charge in [-0.2, -0.15) is 0 Å². The van der Waals surface area contributed by atoms with Gasteiger partial charge in [-0.25, -0.2) is 19.4 Å². The third-order valence-electron chi connectivity index (χ3n) is 33.1. The summed E-state index contributed by atoms with van der Waals surface area (Å²) in [5, 5.41) is 37.0. The second kappa shape index (κ2) is 42.3. The summed E-state index contributed by atoms with van der Waals surface area (Å²) in [6, 6.07) is 3.05. The number of nitrogens with zero attached hydrogens (tertiary/aromatic N) is 10. The molecule has 7 fully saturated rings. The molecule has 6 saturated heterocycles. The van der Waals surface area contributed by atoms with Crippen molar-refractivity contribution in [2.45, 2.75) is 269 Å². The molecule has 1 aromatic heterocycles. The van der Waals surface area contributed by atoms with E-state index in [1.165, 1.54) is 102 Å². The van der Waals surface area contributed by atoms with E-state index in [1.807, 2.05) is 50.1 Å². The molecule has 2 bridgehead atoms. The maximum absolute atomic E-state index is 15.3. The van der Waals surface area contributed by atoms with E-state index >= 15 is 14.4 Å². The van der Waals surface area contributed by atoms with Gasteiger partial charge in [0.05, 0.1) is 62.9 Å². The molecule has 12 aliphatic rings. The molecule has 4 aromatic rings. The fraction of sp³-hybridized carbons (Fsp3) is 0.602. The molecule has 1 saturated carbocycles. The van der Waals surface area contributed by atoms with E-state index in [9.17, 15) is 72.5 Å². The summed E-state index contributed by atoms with van der Waals surface area (Å²) in [6.07, 6.45) is 4.29. The number of H-pyrrole nitrogens is 1. The van der Waals surface area contributed by atoms with E-state index in [2.05, 4.69) is 60.3 Å². The van der Waals surface area contributed by atoms with E-state index in [0.29, 0.717) is 101 Å². The lowest BCUT2D eigenvalue weighted by Crippen LogP contribution is -2.81. The summed E-state index contributed by atoms with van der Waals surface area (Å²) >= 11 is 0. The number of ether oxygens (including phenoxy) is 6. The normalized spacial score (nSPS) is 30.5. The Hall–Kier alpha value is -13.1. The molecule has 806 valence electrons. The average molecular weight is 2070 g/mol. The molecule has 2 aliphatic carbocycles. The first kappa shape index (κ1) is 110. The van der Waals surface area contributed by atoms with Crippen molar-refractivity contribution in [3.05, 3.63) is 116 Å². The molecular weight excluding hydrogens is 1920 g/mol. The highest BCUT2D eigenvalue weighted by atomic mass is 16.6. The minimum Gasteiger partial charge on any atom is -0.496 e. The molecule has 1 spiro atoms. The van der Waals surface area contributed by atoms with Crippen LogP contribution in [0.4, 0.5) is 11.4 Å². The molecule has 10 amide bonds. The highest BCUT2D eigenvalue weighted by molar-refractivity contribution is 6.11. The van der Waals surface area contributed by atoms with Crippen LogP contribution in [0.1, 0.15) is 202 Å². The molecule has 3 aromatic carbocycles. The smallest absolute Gasteiger partial charge is 0.344 e. The van der Waals surface area contributed by atoms with Gasteiger partial charge in [-0.15, -0.1) is 0 Å². The van der Waals surface area contributed by atoms with Gasteiger partial charge in [0.25, 0.3) is 11.8 Å². The Bertz CT molecular complexity index is 6410. The summed E-state index contributed by atoms with van der Waals surface area (Å²) in [4.78, 5) is 252. The van der Waals surface area contributed by atoms with Crippen molar-refractivity contribution in [2.24, 2.45) is 35.0 Å². The number of aromatic nitrogens is 2. The fourth-order valence-electron chi connectivity index (χ4n) is 25.8. The van der Waals surface area contributed by atoms with E-state index < -0.39 is 248 Å². The minimum atomic E-state index is -2.30. The van der Waals surface area contributed by atoms with Crippen LogP contribution in [-0.4, -0.2) is 354 Å². The second-order valence-corrected chi connectivity index (χ2v) is 43.7. The lowest BCUT2D eigenvalue weighted by atomic mass is 9.47. The fourth-order valence-corrected chi connectivity index (χ4v) is 25.8. The number of hydrogen-bond acceptors (Lipinski definition) is 30. The second-order valence-electron chi connectivity index (χ2n) is 43.7. The quantitative estimate of drug-likeness (QED) is 0.0227. The van der Waals surface area contributed by atoms with Gasteiger partial charge in [0.2, 0.25) is 58.3 Å². The zero-order valence-electron chi connectivity index (χ0n) is 89.4. The van der Waals surface area contributed by atoms with Gasteiger partial charge in [0, 0.05) is 138 Å². The zero-order valence-corrected chi connectivity index (χ0v) is 89.4. The Kier molecular flexibility index (Phi) is 31.3. The topological polar surface area (TPSA) is 514 Å². The molecule has 0 radical (unpaired) electrons. The summed E-state index contributed by atoms with van der Waals surface area (Å²) in [5.41, 5.74) is 1.94. The average Bonchev–Trinajstić information content (AvgIpc) is 1.17. The Labute approximate surface area is 866 Å². The number of aromatic amines is 1. The van der Waals surface area contributed by atoms with Crippen LogP contribution in [0.2, 0.25) is 0 Å². The van der Waals surface area contributed by atoms with Gasteiger partial charge in [-0.3, -0.25) is 72.1 Å². The SMILES string of the molecule is CC[C@]1(O)C[C@@H]2C[N@@](CCc3c([nH]c4ccccc34)[C@@](C(=O)OC)(c3cc4c(cc3OC)N(C)[C@H]3[C@@](O)(C(=O)OC)[C@H](OC(C)=O)[C@]5(CC)C=CCN6CC[C@]43[C@@H]65)C2)C1.Cc1c2oc3c(C)ccc(C(=O)N[C@@H]4C(=O)N[C@H](C(C)C)C(=O)N5CCC[C@H]5C(=O)N(C)CC(=O)N(C)[C@@H](C(C)C)C(=O)O[C@@H]4C)c3nc-2c(C(=O)N[C@@H]2C(=O)N[C@H](C(C)C)C(=O)N3CCC[C@H]3C(=O)N(C)CC(=O)N(C)[C@@H](C(C)C)C(=O)O[C@@H]2C)c(N)c1=O. The lowest BCUT2D eigenvalue weighted by Gasteiger charge is -2.63. The van der Waals surface area contributed by atoms with Crippen LogP contribution < -0.4 is 42.1 Å². The number of aryl methyl sites for hydroxylation is 1. The standard InChI is InChI=1S/C62H86N12O16.C46H58N4O9/c1-27(2)42-59(84)73-23-17-19-36(73)57(82)69(13)25-38(75)71(15)48(29(5)6)61(86)88-33(11)44(55(80)65-42)67-53(78)35-22-21-31(9)51-46(35)64-47-40(41(63)50(77)32(10)52(47)90-51)54(79)68-45-34(12)89-62(87)49(30(7)8)72(16)39(76)26-70(14)58(83)37-20-18-24-74(37)60(85)43(28(3)4)66-56(45)81;1-8-42(54)23-28-24-45(40(52)57-6,36-30(15-19-49(25-28)26-42)29-13-10-11-14-33(29)47-36)32-21-31-34(22-35(32)56-5)48(4)38-44(31)17-20-50-18-12-16-43(9-2,37(44)50)39(59-27(3)51)46(38,55)41(53)58-7/h21-22,27-30,33-34,36-37,42-45,48-49H,17-20,23-26,63H2,1-16H3,(H,65,80)(H,66,81)(H,67,78)(H,68,79);10-14,16,21-22,28,37-39,47,54-55H,8-9,15,17-20,23-26H2,1-7H3/t33-,34-,36+,37+,42-,43-,44+,45+,48+,49+;28-,37-,38+,39+,42-,43+,44+,45-,46-/m10/s1. The first-order chi connectivity index (χ1) is 70.3. The monoisotopic (exact) mass is 2070 g/mol. The lowest BCUT2D eigenvalue weighted by molar-refractivity contribution is -0.228. The number of esters is 5. The number of carbonyl (C=O) groups is 15. The number of anilines is 2. The minimum absolute atomic E-state index is 0.0763. The number of rotatable bonds is 15. The number of nitrogens with two attached hydrogens (primary N) is 1.